The number of benzene rings is 1. The van der Waals surface area contributed by atoms with E-state index in [2.05, 4.69) is 26.1 Å². The number of rotatable bonds is 5. The molecule has 0 aliphatic heterocycles. The van der Waals surface area contributed by atoms with Crippen molar-refractivity contribution >= 4 is 29.3 Å². The topological polar surface area (TPSA) is 0 Å². The lowest BCUT2D eigenvalue weighted by Crippen LogP contribution is -1.87. The molecule has 0 amide bonds. The van der Waals surface area contributed by atoms with Crippen LogP contribution in [0.5, 0.6) is 0 Å². The van der Waals surface area contributed by atoms with Crippen LogP contribution in [0.2, 0.25) is 0 Å². The van der Waals surface area contributed by atoms with E-state index in [0.717, 1.165) is 16.2 Å². The Kier molecular flexibility index (Phi) is 5.26. The van der Waals surface area contributed by atoms with Crippen LogP contribution in [0.15, 0.2) is 29.7 Å². The smallest absolute Gasteiger partial charge is 0.123 e. The number of hydrogen-bond acceptors (Lipinski definition) is 2. The summed E-state index contributed by atoms with van der Waals surface area (Å²) in [6.45, 7) is 5.90. The first kappa shape index (κ1) is 12.7. The highest BCUT2D eigenvalue weighted by Crippen LogP contribution is 2.30. The maximum Gasteiger partial charge on any atom is 0.123 e. The van der Waals surface area contributed by atoms with Crippen molar-refractivity contribution < 1.29 is 4.39 Å². The molecule has 82 valence electrons. The van der Waals surface area contributed by atoms with Crippen molar-refractivity contribution in [2.24, 2.45) is 0 Å². The molecule has 0 saturated carbocycles. The maximum atomic E-state index is 13.0. The molecular weight excluding hydrogens is 227 g/mol. The zero-order valence-electron chi connectivity index (χ0n) is 8.79. The van der Waals surface area contributed by atoms with Gasteiger partial charge in [-0.3, -0.25) is 0 Å². The first-order valence-corrected chi connectivity index (χ1v) is 6.39. The second-order valence-corrected chi connectivity index (χ2v) is 4.97. The van der Waals surface area contributed by atoms with Crippen molar-refractivity contribution in [3.8, 4) is 0 Å². The van der Waals surface area contributed by atoms with Crippen LogP contribution in [0, 0.1) is 5.82 Å². The largest absolute Gasteiger partial charge is 0.207 e. The average molecular weight is 242 g/mol. The summed E-state index contributed by atoms with van der Waals surface area (Å²) in [5.41, 5.74) is 0.805. The molecule has 0 bridgehead atoms. The fraction of sp³-hybridized carbons (Fsp3) is 0.333. The SMILES string of the molecule is C=C(S)c1cc(F)ccc1SCCCC. The van der Waals surface area contributed by atoms with Gasteiger partial charge in [0.05, 0.1) is 0 Å². The number of thiol groups is 1. The van der Waals surface area contributed by atoms with Crippen LogP contribution in [0.1, 0.15) is 25.3 Å². The predicted molar refractivity (Wildman–Crippen MR) is 70.1 cm³/mol. The minimum atomic E-state index is -0.236. The Morgan fingerprint density at radius 3 is 2.87 bits per heavy atom. The normalized spacial score (nSPS) is 10.3. The Hall–Kier alpha value is -0.410. The number of hydrogen-bond donors (Lipinski definition) is 1. The van der Waals surface area contributed by atoms with Crippen molar-refractivity contribution in [1.29, 1.82) is 0 Å². The van der Waals surface area contributed by atoms with Crippen molar-refractivity contribution in [1.82, 2.24) is 0 Å². The van der Waals surface area contributed by atoms with Crippen LogP contribution in [0.4, 0.5) is 4.39 Å². The monoisotopic (exact) mass is 242 g/mol. The first-order valence-electron chi connectivity index (χ1n) is 4.95. The summed E-state index contributed by atoms with van der Waals surface area (Å²) in [6, 6.07) is 4.77. The highest BCUT2D eigenvalue weighted by Gasteiger charge is 2.05. The zero-order chi connectivity index (χ0) is 11.3. The first-order chi connectivity index (χ1) is 7.15. The number of unbranched alkanes of at least 4 members (excludes halogenated alkanes) is 1. The second kappa shape index (κ2) is 6.23. The van der Waals surface area contributed by atoms with Gasteiger partial charge >= 0.3 is 0 Å². The molecule has 0 N–H and O–H groups in total. The van der Waals surface area contributed by atoms with E-state index < -0.39 is 0 Å². The minimum absolute atomic E-state index is 0.236. The molecule has 0 aliphatic carbocycles. The van der Waals surface area contributed by atoms with Crippen LogP contribution in [-0.4, -0.2) is 5.75 Å². The fourth-order valence-electron chi connectivity index (χ4n) is 1.18. The summed E-state index contributed by atoms with van der Waals surface area (Å²) in [6.07, 6.45) is 2.34. The van der Waals surface area contributed by atoms with Gasteiger partial charge in [-0.15, -0.1) is 24.4 Å². The van der Waals surface area contributed by atoms with Gasteiger partial charge in [0.1, 0.15) is 5.82 Å². The molecular formula is C12H15FS2. The minimum Gasteiger partial charge on any atom is -0.207 e. The Bertz CT molecular complexity index is 347. The average Bonchev–Trinajstić information content (AvgIpc) is 2.20. The van der Waals surface area contributed by atoms with E-state index >= 15 is 0 Å². The number of thioether (sulfide) groups is 1. The van der Waals surface area contributed by atoms with Crippen LogP contribution < -0.4 is 0 Å². The van der Waals surface area contributed by atoms with Crippen molar-refractivity contribution in [3.05, 3.63) is 36.2 Å². The summed E-state index contributed by atoms with van der Waals surface area (Å²) < 4.78 is 13.0. The van der Waals surface area contributed by atoms with Crippen molar-refractivity contribution in [2.45, 2.75) is 24.7 Å². The van der Waals surface area contributed by atoms with Gasteiger partial charge in [0.15, 0.2) is 0 Å². The zero-order valence-corrected chi connectivity index (χ0v) is 10.5. The lowest BCUT2D eigenvalue weighted by molar-refractivity contribution is 0.626. The third kappa shape index (κ3) is 3.92. The molecule has 0 aliphatic rings. The third-order valence-electron chi connectivity index (χ3n) is 2.01. The van der Waals surface area contributed by atoms with Gasteiger partial charge in [0.2, 0.25) is 0 Å². The molecule has 0 heterocycles. The molecule has 1 aromatic rings. The summed E-state index contributed by atoms with van der Waals surface area (Å²) in [5, 5.41) is 0. The van der Waals surface area contributed by atoms with E-state index in [1.165, 1.54) is 25.0 Å². The maximum absolute atomic E-state index is 13.0. The van der Waals surface area contributed by atoms with Gasteiger partial charge in [-0.05, 0) is 30.4 Å². The van der Waals surface area contributed by atoms with E-state index in [1.807, 2.05) is 0 Å². The highest BCUT2D eigenvalue weighted by molar-refractivity contribution is 7.99. The molecule has 0 nitrogen and oxygen atoms in total. The fourth-order valence-corrected chi connectivity index (χ4v) is 2.60. The lowest BCUT2D eigenvalue weighted by atomic mass is 10.2. The standard InChI is InChI=1S/C12H15FS2/c1-3-4-7-15-12-6-5-10(13)8-11(12)9(2)14/h5-6,8,14H,2-4,7H2,1H3. The molecule has 0 fully saturated rings. The van der Waals surface area contributed by atoms with E-state index in [1.54, 1.807) is 17.8 Å². The van der Waals surface area contributed by atoms with Gasteiger partial charge < -0.3 is 0 Å². The molecule has 0 saturated heterocycles. The Balaban J connectivity index is 2.81. The summed E-state index contributed by atoms with van der Waals surface area (Å²) in [7, 11) is 0. The van der Waals surface area contributed by atoms with E-state index in [4.69, 9.17) is 0 Å². The second-order valence-electron chi connectivity index (χ2n) is 3.29. The predicted octanol–water partition coefficient (Wildman–Crippen LogP) is 4.62. The molecule has 1 aromatic carbocycles. The summed E-state index contributed by atoms with van der Waals surface area (Å²) >= 11 is 5.91. The molecule has 0 spiro atoms. The highest BCUT2D eigenvalue weighted by atomic mass is 32.2. The van der Waals surface area contributed by atoms with Crippen molar-refractivity contribution in [2.75, 3.05) is 5.75 Å². The van der Waals surface area contributed by atoms with Gasteiger partial charge in [-0.25, -0.2) is 4.39 Å². The van der Waals surface area contributed by atoms with Gasteiger partial charge in [-0.1, -0.05) is 19.9 Å². The van der Waals surface area contributed by atoms with Gasteiger partial charge in [0.25, 0.3) is 0 Å². The van der Waals surface area contributed by atoms with Crippen LogP contribution in [-0.2, 0) is 0 Å². The third-order valence-corrected chi connectivity index (χ3v) is 3.41. The van der Waals surface area contributed by atoms with Gasteiger partial charge in [-0.2, -0.15) is 0 Å². The molecule has 3 heteroatoms. The Morgan fingerprint density at radius 1 is 1.53 bits per heavy atom. The summed E-state index contributed by atoms with van der Waals surface area (Å²) in [4.78, 5) is 1.68. The molecule has 15 heavy (non-hydrogen) atoms. The number of halogens is 1. The van der Waals surface area contributed by atoms with Crippen molar-refractivity contribution in [3.63, 3.8) is 0 Å². The quantitative estimate of drug-likeness (QED) is 0.446. The molecule has 0 unspecified atom stereocenters. The molecule has 0 atom stereocenters. The van der Waals surface area contributed by atoms with E-state index in [9.17, 15) is 4.39 Å². The molecule has 0 radical (unpaired) electrons. The van der Waals surface area contributed by atoms with Crippen LogP contribution in [0.25, 0.3) is 4.91 Å². The Labute approximate surface area is 100 Å². The van der Waals surface area contributed by atoms with Gasteiger partial charge in [0, 0.05) is 15.4 Å². The molecule has 1 rings (SSSR count). The lowest BCUT2D eigenvalue weighted by Gasteiger charge is -2.08. The van der Waals surface area contributed by atoms with Crippen LogP contribution >= 0.6 is 24.4 Å². The van der Waals surface area contributed by atoms with Crippen LogP contribution in [0.3, 0.4) is 0 Å². The Morgan fingerprint density at radius 2 is 2.27 bits per heavy atom. The van der Waals surface area contributed by atoms with E-state index in [-0.39, 0.29) is 5.82 Å². The van der Waals surface area contributed by atoms with E-state index in [0.29, 0.717) is 4.91 Å². The summed E-state index contributed by atoms with van der Waals surface area (Å²) in [5.74, 6) is 0.816. The molecule has 0 aromatic heterocycles.